The summed E-state index contributed by atoms with van der Waals surface area (Å²) < 4.78 is 0.293. The van der Waals surface area contributed by atoms with Crippen molar-refractivity contribution in [3.05, 3.63) is 11.6 Å². The van der Waals surface area contributed by atoms with Crippen molar-refractivity contribution >= 4 is 23.5 Å². The normalized spacial score (nSPS) is 42.2. The maximum Gasteiger partial charge on any atom is 0.134 e. The lowest BCUT2D eigenvalue weighted by molar-refractivity contribution is -0.0362. The highest BCUT2D eigenvalue weighted by atomic mass is 32.2. The van der Waals surface area contributed by atoms with Gasteiger partial charge in [0.25, 0.3) is 0 Å². The summed E-state index contributed by atoms with van der Waals surface area (Å²) in [5.41, 5.74) is 0.309. The Balaban J connectivity index is 2.01. The number of rotatable bonds is 0. The summed E-state index contributed by atoms with van der Waals surface area (Å²) in [5, 5.41) is 10.8. The standard InChI is InChI=1S/C15H20OS2/c1-3-14(16)6-4-5-12-11-15(17-9-10-18-15)8-7-13(12,14)2/h1,11,16H,4-10H2,2H3/t13-,14+/m1/s1. The van der Waals surface area contributed by atoms with Crippen LogP contribution in [0.1, 0.15) is 39.0 Å². The monoisotopic (exact) mass is 280 g/mol. The first-order valence-electron chi connectivity index (χ1n) is 6.74. The van der Waals surface area contributed by atoms with Gasteiger partial charge in [0, 0.05) is 16.9 Å². The summed E-state index contributed by atoms with van der Waals surface area (Å²) in [5.74, 6) is 5.21. The van der Waals surface area contributed by atoms with E-state index in [4.69, 9.17) is 6.42 Å². The van der Waals surface area contributed by atoms with E-state index in [-0.39, 0.29) is 5.41 Å². The molecule has 0 bridgehead atoms. The molecule has 1 saturated heterocycles. The molecule has 1 aliphatic heterocycles. The molecule has 1 heterocycles. The molecule has 0 aromatic carbocycles. The summed E-state index contributed by atoms with van der Waals surface area (Å²) in [6.07, 6.45) is 13.2. The van der Waals surface area contributed by atoms with Crippen LogP contribution in [-0.4, -0.2) is 26.3 Å². The Morgan fingerprint density at radius 3 is 2.67 bits per heavy atom. The Labute approximate surface area is 118 Å². The molecule has 1 N–H and O–H groups in total. The van der Waals surface area contributed by atoms with E-state index >= 15 is 0 Å². The van der Waals surface area contributed by atoms with E-state index in [0.29, 0.717) is 4.08 Å². The summed E-state index contributed by atoms with van der Waals surface area (Å²) in [6, 6.07) is 0. The molecule has 0 aromatic heterocycles. The van der Waals surface area contributed by atoms with Gasteiger partial charge in [-0.25, -0.2) is 0 Å². The smallest absolute Gasteiger partial charge is 0.134 e. The van der Waals surface area contributed by atoms with Crippen molar-refractivity contribution in [3.63, 3.8) is 0 Å². The number of terminal acetylenes is 1. The van der Waals surface area contributed by atoms with Gasteiger partial charge in [-0.3, -0.25) is 0 Å². The highest BCUT2D eigenvalue weighted by molar-refractivity contribution is 8.21. The zero-order valence-corrected chi connectivity index (χ0v) is 12.5. The fraction of sp³-hybridized carbons (Fsp3) is 0.733. The molecule has 3 rings (SSSR count). The van der Waals surface area contributed by atoms with Crippen molar-refractivity contribution in [2.45, 2.75) is 48.7 Å². The molecule has 18 heavy (non-hydrogen) atoms. The van der Waals surface area contributed by atoms with Crippen molar-refractivity contribution in [1.29, 1.82) is 0 Å². The van der Waals surface area contributed by atoms with Gasteiger partial charge in [-0.05, 0) is 32.1 Å². The van der Waals surface area contributed by atoms with Gasteiger partial charge in [0.05, 0.1) is 4.08 Å². The van der Waals surface area contributed by atoms with Crippen LogP contribution in [0.5, 0.6) is 0 Å². The van der Waals surface area contributed by atoms with Crippen LogP contribution in [0.2, 0.25) is 0 Å². The molecule has 2 fully saturated rings. The van der Waals surface area contributed by atoms with Gasteiger partial charge in [-0.2, -0.15) is 0 Å². The predicted octanol–water partition coefficient (Wildman–Crippen LogP) is 3.44. The summed E-state index contributed by atoms with van der Waals surface area (Å²) in [6.45, 7) is 2.18. The Morgan fingerprint density at radius 2 is 2.00 bits per heavy atom. The van der Waals surface area contributed by atoms with E-state index < -0.39 is 5.60 Å². The molecule has 1 saturated carbocycles. The van der Waals surface area contributed by atoms with Crippen molar-refractivity contribution in [3.8, 4) is 12.3 Å². The lowest BCUT2D eigenvalue weighted by Crippen LogP contribution is -2.51. The number of hydrogen-bond acceptors (Lipinski definition) is 3. The first-order chi connectivity index (χ1) is 8.54. The molecule has 0 amide bonds. The van der Waals surface area contributed by atoms with E-state index in [1.165, 1.54) is 17.1 Å². The third kappa shape index (κ3) is 1.69. The van der Waals surface area contributed by atoms with Gasteiger partial charge in [0.15, 0.2) is 0 Å². The van der Waals surface area contributed by atoms with Crippen LogP contribution >= 0.6 is 23.5 Å². The van der Waals surface area contributed by atoms with Gasteiger partial charge >= 0.3 is 0 Å². The van der Waals surface area contributed by atoms with E-state index in [1.807, 2.05) is 0 Å². The van der Waals surface area contributed by atoms with Gasteiger partial charge in [-0.15, -0.1) is 29.9 Å². The van der Waals surface area contributed by atoms with Crippen molar-refractivity contribution in [2.75, 3.05) is 11.5 Å². The molecule has 2 aliphatic carbocycles. The van der Waals surface area contributed by atoms with Crippen molar-refractivity contribution in [1.82, 2.24) is 0 Å². The highest BCUT2D eigenvalue weighted by Crippen LogP contribution is 2.60. The average molecular weight is 280 g/mol. The topological polar surface area (TPSA) is 20.2 Å². The lowest BCUT2D eigenvalue weighted by Gasteiger charge is -2.51. The van der Waals surface area contributed by atoms with E-state index in [9.17, 15) is 5.11 Å². The van der Waals surface area contributed by atoms with E-state index in [1.54, 1.807) is 0 Å². The number of aliphatic hydroxyl groups is 1. The molecule has 3 aliphatic rings. The minimum atomic E-state index is -0.924. The van der Waals surface area contributed by atoms with Gasteiger partial charge in [-0.1, -0.05) is 24.5 Å². The van der Waals surface area contributed by atoms with Gasteiger partial charge in [0.2, 0.25) is 0 Å². The molecule has 1 spiro atoms. The number of thioether (sulfide) groups is 2. The fourth-order valence-corrected chi connectivity index (χ4v) is 6.78. The molecule has 1 nitrogen and oxygen atoms in total. The molecular weight excluding hydrogens is 260 g/mol. The Kier molecular flexibility index (Phi) is 3.05. The predicted molar refractivity (Wildman–Crippen MR) is 80.7 cm³/mol. The Morgan fingerprint density at radius 1 is 1.28 bits per heavy atom. The maximum atomic E-state index is 10.8. The molecule has 0 aromatic rings. The van der Waals surface area contributed by atoms with Crippen LogP contribution in [0.25, 0.3) is 0 Å². The number of fused-ring (bicyclic) bond motifs is 1. The van der Waals surface area contributed by atoms with Gasteiger partial charge in [0.1, 0.15) is 5.60 Å². The quantitative estimate of drug-likeness (QED) is 0.542. The first kappa shape index (κ1) is 13.0. The largest absolute Gasteiger partial charge is 0.377 e. The zero-order valence-electron chi connectivity index (χ0n) is 10.9. The second-order valence-electron chi connectivity index (χ2n) is 5.87. The summed E-state index contributed by atoms with van der Waals surface area (Å²) >= 11 is 4.16. The van der Waals surface area contributed by atoms with Crippen LogP contribution in [0, 0.1) is 17.8 Å². The van der Waals surface area contributed by atoms with Crippen LogP contribution in [0.15, 0.2) is 11.6 Å². The SMILES string of the molecule is C#C[C@]1(O)CCCC2=CC3(CC[C@]21C)SCCS3. The van der Waals surface area contributed by atoms with Gasteiger partial charge < -0.3 is 5.11 Å². The lowest BCUT2D eigenvalue weighted by atomic mass is 9.57. The summed E-state index contributed by atoms with van der Waals surface area (Å²) in [4.78, 5) is 0. The molecule has 3 heteroatoms. The first-order valence-corrected chi connectivity index (χ1v) is 8.71. The number of hydrogen-bond donors (Lipinski definition) is 1. The van der Waals surface area contributed by atoms with Crippen LogP contribution in [-0.2, 0) is 0 Å². The molecule has 0 unspecified atom stereocenters. The molecular formula is C15H20OS2. The van der Waals surface area contributed by atoms with Crippen LogP contribution in [0.4, 0.5) is 0 Å². The van der Waals surface area contributed by atoms with E-state index in [0.717, 1.165) is 32.1 Å². The van der Waals surface area contributed by atoms with E-state index in [2.05, 4.69) is 42.4 Å². The average Bonchev–Trinajstić information content (AvgIpc) is 2.81. The van der Waals surface area contributed by atoms with Crippen LogP contribution < -0.4 is 0 Å². The second kappa shape index (κ2) is 4.23. The zero-order chi connectivity index (χ0) is 12.9. The summed E-state index contributed by atoms with van der Waals surface area (Å²) in [7, 11) is 0. The third-order valence-electron chi connectivity index (χ3n) is 4.99. The Bertz CT molecular complexity index is 430. The fourth-order valence-electron chi connectivity index (χ4n) is 3.64. The van der Waals surface area contributed by atoms with Crippen molar-refractivity contribution < 1.29 is 5.11 Å². The minimum absolute atomic E-state index is 0.186. The Hall–Kier alpha value is -0.0400. The van der Waals surface area contributed by atoms with Crippen molar-refractivity contribution in [2.24, 2.45) is 5.41 Å². The maximum absolute atomic E-state index is 10.8. The molecule has 0 radical (unpaired) electrons. The molecule has 2 atom stereocenters. The highest BCUT2D eigenvalue weighted by Gasteiger charge is 2.54. The second-order valence-corrected chi connectivity index (χ2v) is 8.98. The third-order valence-corrected chi connectivity index (χ3v) is 8.39. The van der Waals surface area contributed by atoms with Crippen LogP contribution in [0.3, 0.4) is 0 Å². The minimum Gasteiger partial charge on any atom is -0.377 e. The molecule has 98 valence electrons.